The Hall–Kier alpha value is -1.58. The first kappa shape index (κ1) is 51.4. The van der Waals surface area contributed by atoms with Crippen LogP contribution in [0.4, 0.5) is 0 Å². The minimum Gasteiger partial charge on any atom is -0.481 e. The van der Waals surface area contributed by atoms with Crippen molar-refractivity contribution >= 4 is 11.9 Å². The van der Waals surface area contributed by atoms with Crippen molar-refractivity contribution in [2.24, 2.45) is 23.7 Å². The molecule has 0 aromatic heterocycles. The molecule has 0 aromatic rings. The molecule has 0 aliphatic carbocycles. The highest BCUT2D eigenvalue weighted by molar-refractivity contribution is 5.73. The molecule has 316 valence electrons. The lowest BCUT2D eigenvalue weighted by Crippen LogP contribution is -2.45. The molecule has 0 aromatic carbocycles. The highest BCUT2D eigenvalue weighted by Gasteiger charge is 2.40. The molecule has 0 fully saturated rings. The van der Waals surface area contributed by atoms with Gasteiger partial charge in [0.25, 0.3) is 0 Å². The Morgan fingerprint density at radius 3 is 1.30 bits per heavy atom. The first-order chi connectivity index (χ1) is 25.2. The molecule has 0 saturated carbocycles. The summed E-state index contributed by atoms with van der Waals surface area (Å²) in [5.74, 6) is -4.33. The predicted octanol–water partition coefficient (Wildman–Crippen LogP) is 3.42. The van der Waals surface area contributed by atoms with Crippen LogP contribution in [-0.2, 0) is 71.2 Å². The monoisotopic (exact) mass is 774 g/mol. The molecule has 2 N–H and O–H groups in total. The number of aliphatic hydroxyl groups excluding tert-OH is 1. The lowest BCUT2D eigenvalue weighted by molar-refractivity contribution is -0.186. The van der Waals surface area contributed by atoms with Gasteiger partial charge in [0.2, 0.25) is 0 Å². The van der Waals surface area contributed by atoms with Crippen LogP contribution in [0.25, 0.3) is 0 Å². The number of aliphatic hydroxyl groups is 1. The third-order valence-electron chi connectivity index (χ3n) is 8.93. The van der Waals surface area contributed by atoms with E-state index in [4.69, 9.17) is 61.6 Å². The van der Waals surface area contributed by atoms with E-state index >= 15 is 0 Å². The van der Waals surface area contributed by atoms with Crippen LogP contribution in [0, 0.1) is 23.7 Å². The zero-order valence-electron chi connectivity index (χ0n) is 34.0. The lowest BCUT2D eigenvalue weighted by Gasteiger charge is -2.36. The molecule has 0 unspecified atom stereocenters. The van der Waals surface area contributed by atoms with Gasteiger partial charge in [-0.3, -0.25) is 9.59 Å². The Labute approximate surface area is 316 Å². The van der Waals surface area contributed by atoms with Gasteiger partial charge in [0, 0.05) is 73.8 Å². The Bertz CT molecular complexity index is 913. The van der Waals surface area contributed by atoms with Crippen molar-refractivity contribution in [2.45, 2.75) is 116 Å². The maximum atomic E-state index is 14.1. The third kappa shape index (κ3) is 21.3. The zero-order chi connectivity index (χ0) is 40.3. The Balaban J connectivity index is 6.46. The molecular formula is C36H70O17. The van der Waals surface area contributed by atoms with Crippen molar-refractivity contribution in [1.82, 2.24) is 0 Å². The molecule has 0 spiro atoms. The molecule has 0 heterocycles. The molecule has 17 nitrogen and oxygen atoms in total. The van der Waals surface area contributed by atoms with Crippen molar-refractivity contribution in [2.75, 3.05) is 83.4 Å². The maximum Gasteiger partial charge on any atom is 0.311 e. The molecular weight excluding hydrogens is 704 g/mol. The van der Waals surface area contributed by atoms with Gasteiger partial charge in [-0.1, -0.05) is 13.8 Å². The predicted molar refractivity (Wildman–Crippen MR) is 190 cm³/mol. The number of aliphatic carboxylic acids is 1. The third-order valence-corrected chi connectivity index (χ3v) is 8.93. The van der Waals surface area contributed by atoms with Gasteiger partial charge in [-0.25, -0.2) is 0 Å². The van der Waals surface area contributed by atoms with Gasteiger partial charge < -0.3 is 71.8 Å². The maximum absolute atomic E-state index is 14.1. The van der Waals surface area contributed by atoms with Gasteiger partial charge in [0.05, 0.1) is 54.6 Å². The van der Waals surface area contributed by atoms with Crippen molar-refractivity contribution < 1.29 is 81.4 Å². The number of ether oxygens (including phenoxy) is 13. The fraction of sp³-hybridized carbons (Fsp3) is 0.944. The number of carboxylic acid groups (broad SMARTS) is 1. The van der Waals surface area contributed by atoms with E-state index in [1.165, 1.54) is 42.7 Å². The van der Waals surface area contributed by atoms with Crippen LogP contribution in [0.5, 0.6) is 0 Å². The summed E-state index contributed by atoms with van der Waals surface area (Å²) in [6.45, 7) is 10.3. The van der Waals surface area contributed by atoms with E-state index in [0.717, 1.165) is 0 Å². The van der Waals surface area contributed by atoms with Crippen molar-refractivity contribution in [3.05, 3.63) is 0 Å². The minimum absolute atomic E-state index is 0.0255. The van der Waals surface area contributed by atoms with E-state index in [1.807, 2.05) is 27.7 Å². The molecule has 0 radical (unpaired) electrons. The number of rotatable bonds is 35. The summed E-state index contributed by atoms with van der Waals surface area (Å²) in [6.07, 6.45) is -4.17. The number of carboxylic acids is 1. The van der Waals surface area contributed by atoms with Crippen LogP contribution in [0.15, 0.2) is 0 Å². The molecule has 0 amide bonds. The number of methoxy groups -OCH3 is 6. The van der Waals surface area contributed by atoms with Gasteiger partial charge in [-0.15, -0.1) is 0 Å². The molecule has 0 saturated heterocycles. The molecule has 17 heteroatoms. The zero-order valence-corrected chi connectivity index (χ0v) is 34.0. The van der Waals surface area contributed by atoms with Crippen LogP contribution in [0.2, 0.25) is 0 Å². The van der Waals surface area contributed by atoms with Gasteiger partial charge in [0.15, 0.2) is 0 Å². The quantitative estimate of drug-likeness (QED) is 0.0702. The smallest absolute Gasteiger partial charge is 0.311 e. The number of esters is 1. The fourth-order valence-electron chi connectivity index (χ4n) is 6.02. The van der Waals surface area contributed by atoms with Gasteiger partial charge in [-0.05, 0) is 34.1 Å². The van der Waals surface area contributed by atoms with Crippen LogP contribution in [0.3, 0.4) is 0 Å². The summed E-state index contributed by atoms with van der Waals surface area (Å²) in [7, 11) is 8.92. The van der Waals surface area contributed by atoms with Crippen LogP contribution < -0.4 is 0 Å². The topological polar surface area (TPSA) is 195 Å². The number of carbonyl (C=O) groups is 2. The summed E-state index contributed by atoms with van der Waals surface area (Å²) in [4.78, 5) is 26.1. The van der Waals surface area contributed by atoms with E-state index in [1.54, 1.807) is 13.8 Å². The summed E-state index contributed by atoms with van der Waals surface area (Å²) in [6, 6.07) is 0. The molecule has 53 heavy (non-hydrogen) atoms. The van der Waals surface area contributed by atoms with Crippen LogP contribution >= 0.6 is 0 Å². The fourth-order valence-corrected chi connectivity index (χ4v) is 6.02. The van der Waals surface area contributed by atoms with E-state index in [9.17, 15) is 19.8 Å². The van der Waals surface area contributed by atoms with Crippen molar-refractivity contribution in [3.63, 3.8) is 0 Å². The first-order valence-electron chi connectivity index (χ1n) is 18.0. The summed E-state index contributed by atoms with van der Waals surface area (Å²) < 4.78 is 72.2. The second-order valence-corrected chi connectivity index (χ2v) is 13.4. The largest absolute Gasteiger partial charge is 0.481 e. The summed E-state index contributed by atoms with van der Waals surface area (Å²) >= 11 is 0. The first-order valence-corrected chi connectivity index (χ1v) is 18.0. The Kier molecular flexibility index (Phi) is 29.7. The molecule has 0 aliphatic rings. The van der Waals surface area contributed by atoms with E-state index in [0.29, 0.717) is 6.42 Å². The SMILES string of the molecule is COCO[C@@H]([C@@H](C)[C@H](C[C@H](C[C@@H](C)OCOC)OC(=O)[C@@H](C)[C@@H](OCOC)[C@@H](C)[C@H](C[C@@H](O)C[C@@H](C)OCOC)OCOC)OCOC)[C@H](C)C(=O)O. The minimum atomic E-state index is -1.05. The normalized spacial score (nSPS) is 18.9. The Morgan fingerprint density at radius 1 is 0.491 bits per heavy atom. The number of hydrogen-bond donors (Lipinski definition) is 2. The van der Waals surface area contributed by atoms with Gasteiger partial charge in [0.1, 0.15) is 46.9 Å². The Morgan fingerprint density at radius 2 is 0.868 bits per heavy atom. The average Bonchev–Trinajstić information content (AvgIpc) is 3.12. The van der Waals surface area contributed by atoms with Crippen LogP contribution in [-0.4, -0.2) is 154 Å². The van der Waals surface area contributed by atoms with Gasteiger partial charge >= 0.3 is 11.9 Å². The number of hydrogen-bond acceptors (Lipinski definition) is 16. The summed E-state index contributed by atoms with van der Waals surface area (Å²) in [5.41, 5.74) is 0. The second kappa shape index (κ2) is 30.6. The summed E-state index contributed by atoms with van der Waals surface area (Å²) in [5, 5.41) is 20.8. The van der Waals surface area contributed by atoms with Crippen molar-refractivity contribution in [1.29, 1.82) is 0 Å². The molecule has 0 rings (SSSR count). The van der Waals surface area contributed by atoms with E-state index in [-0.39, 0.29) is 66.1 Å². The van der Waals surface area contributed by atoms with E-state index < -0.39 is 78.3 Å². The van der Waals surface area contributed by atoms with Gasteiger partial charge in [-0.2, -0.15) is 0 Å². The highest BCUT2D eigenvalue weighted by Crippen LogP contribution is 2.30. The highest BCUT2D eigenvalue weighted by atomic mass is 16.7. The number of carbonyl (C=O) groups excluding carboxylic acids is 1. The van der Waals surface area contributed by atoms with Crippen molar-refractivity contribution in [3.8, 4) is 0 Å². The second-order valence-electron chi connectivity index (χ2n) is 13.4. The molecule has 0 bridgehead atoms. The molecule has 0 aliphatic heterocycles. The molecule has 12 atom stereocenters. The van der Waals surface area contributed by atoms with E-state index in [2.05, 4.69) is 0 Å². The average molecular weight is 775 g/mol. The lowest BCUT2D eigenvalue weighted by atomic mass is 9.85. The van der Waals surface area contributed by atoms with Crippen LogP contribution in [0.1, 0.15) is 67.2 Å². The standard InChI is InChI=1S/C36H70O17/c1-23(47-17-41-7)13-29(37)15-31(49-19-43-9)25(3)34(52-22-46-12)28(6)36(40)53-30(14-24(2)48-18-42-8)16-32(50-20-44-10)26(4)33(51-21-45-11)27(5)35(38)39/h23-34,37H,13-22H2,1-12H3,(H,38,39)/t23-,24-,25+,26+,27+,28+,29+,30+,31+,32+,33+,34+/m1/s1.